The normalized spacial score (nSPS) is 19.4. The molecule has 0 aliphatic carbocycles. The van der Waals surface area contributed by atoms with Gasteiger partial charge in [-0.2, -0.15) is 13.2 Å². The van der Waals surface area contributed by atoms with Crippen molar-refractivity contribution in [1.29, 1.82) is 0 Å². The van der Waals surface area contributed by atoms with Gasteiger partial charge in [-0.1, -0.05) is 6.07 Å². The van der Waals surface area contributed by atoms with Crippen molar-refractivity contribution in [2.75, 3.05) is 27.2 Å². The Bertz CT molecular complexity index is 920. The summed E-state index contributed by atoms with van der Waals surface area (Å²) in [4.78, 5) is 19.7. The first-order valence-corrected chi connectivity index (χ1v) is 9.28. The van der Waals surface area contributed by atoms with Gasteiger partial charge in [0.25, 0.3) is 5.91 Å². The van der Waals surface area contributed by atoms with Crippen LogP contribution in [0.1, 0.15) is 21.6 Å². The largest absolute Gasteiger partial charge is 0.439 e. The number of hydrogen-bond acceptors (Lipinski definition) is 6. The van der Waals surface area contributed by atoms with E-state index in [1.807, 2.05) is 19.0 Å². The maximum Gasteiger partial charge on any atom is 0.433 e. The van der Waals surface area contributed by atoms with E-state index in [2.05, 4.69) is 4.98 Å². The number of hydrogen-bond donors (Lipinski definition) is 2. The number of rotatable bonds is 5. The predicted molar refractivity (Wildman–Crippen MR) is 103 cm³/mol. The second-order valence-electron chi connectivity index (χ2n) is 7.34. The van der Waals surface area contributed by atoms with Crippen LogP contribution in [-0.4, -0.2) is 65.1 Å². The first-order chi connectivity index (χ1) is 14.1. The van der Waals surface area contributed by atoms with Gasteiger partial charge in [0.1, 0.15) is 11.4 Å². The van der Waals surface area contributed by atoms with Crippen molar-refractivity contribution < 1.29 is 27.8 Å². The highest BCUT2D eigenvalue weighted by Gasteiger charge is 2.36. The lowest BCUT2D eigenvalue weighted by Gasteiger charge is -2.21. The first-order valence-electron chi connectivity index (χ1n) is 9.28. The zero-order valence-corrected chi connectivity index (χ0v) is 16.6. The number of nitrogens with two attached hydrogens (primary N) is 1. The SMILES string of the molecule is CN(C)C1CN(C(=O)c2cccc(Oc3cc(CN)cc(C(F)(F)F)n3)c2)CC1O. The van der Waals surface area contributed by atoms with Crippen molar-refractivity contribution in [3.63, 3.8) is 0 Å². The Labute approximate surface area is 171 Å². The van der Waals surface area contributed by atoms with E-state index in [1.54, 1.807) is 12.1 Å². The summed E-state index contributed by atoms with van der Waals surface area (Å²) in [5.74, 6) is -0.401. The smallest absolute Gasteiger partial charge is 0.433 e. The Morgan fingerprint density at radius 3 is 2.63 bits per heavy atom. The number of aliphatic hydroxyl groups excluding tert-OH is 1. The highest BCUT2D eigenvalue weighted by molar-refractivity contribution is 5.94. The predicted octanol–water partition coefficient (Wildman–Crippen LogP) is 2.10. The van der Waals surface area contributed by atoms with Gasteiger partial charge in [0.2, 0.25) is 5.88 Å². The third kappa shape index (κ3) is 4.89. The second-order valence-corrected chi connectivity index (χ2v) is 7.34. The van der Waals surface area contributed by atoms with Crippen molar-refractivity contribution in [3.05, 3.63) is 53.2 Å². The molecule has 0 radical (unpaired) electrons. The number of likely N-dealkylation sites (tertiary alicyclic amines) is 1. The summed E-state index contributed by atoms with van der Waals surface area (Å²) in [6.45, 7) is 0.458. The Hall–Kier alpha value is -2.69. The monoisotopic (exact) mass is 424 g/mol. The average molecular weight is 424 g/mol. The molecule has 3 N–H and O–H groups in total. The van der Waals surface area contributed by atoms with Crippen molar-refractivity contribution >= 4 is 5.91 Å². The average Bonchev–Trinajstić information content (AvgIpc) is 3.08. The van der Waals surface area contributed by atoms with Gasteiger partial charge in [-0.05, 0) is 43.9 Å². The molecule has 0 bridgehead atoms. The fraction of sp³-hybridized carbons (Fsp3) is 0.400. The van der Waals surface area contributed by atoms with E-state index in [-0.39, 0.29) is 42.2 Å². The van der Waals surface area contributed by atoms with E-state index in [4.69, 9.17) is 10.5 Å². The molecule has 1 aliphatic heterocycles. The van der Waals surface area contributed by atoms with E-state index in [1.165, 1.54) is 23.1 Å². The van der Waals surface area contributed by atoms with Crippen LogP contribution in [0.5, 0.6) is 11.6 Å². The summed E-state index contributed by atoms with van der Waals surface area (Å²) in [5.41, 5.74) is 4.89. The summed E-state index contributed by atoms with van der Waals surface area (Å²) in [7, 11) is 3.65. The second kappa shape index (κ2) is 8.58. The standard InChI is InChI=1S/C20H23F3N4O3/c1-26(2)15-10-27(11-16(15)28)19(29)13-4-3-5-14(8-13)30-18-7-12(9-24)6-17(25-18)20(21,22)23/h3-8,15-16,28H,9-11,24H2,1-2H3. The Morgan fingerprint density at radius 2 is 2.03 bits per heavy atom. The van der Waals surface area contributed by atoms with Gasteiger partial charge in [0.15, 0.2) is 0 Å². The number of ether oxygens (including phenoxy) is 1. The minimum Gasteiger partial charge on any atom is -0.439 e. The number of β-amino-alcohol motifs (C(OH)–C–C–N with tert-alkyl or cyclic N) is 1. The van der Waals surface area contributed by atoms with Gasteiger partial charge >= 0.3 is 6.18 Å². The molecular formula is C20H23F3N4O3. The molecule has 1 aliphatic rings. The third-order valence-corrected chi connectivity index (χ3v) is 4.90. The minimum absolute atomic E-state index is 0.106. The highest BCUT2D eigenvalue weighted by atomic mass is 19.4. The number of halogens is 3. The number of carbonyl (C=O) groups is 1. The fourth-order valence-corrected chi connectivity index (χ4v) is 3.31. The van der Waals surface area contributed by atoms with Crippen LogP contribution in [0.25, 0.3) is 0 Å². The number of pyridine rings is 1. The molecule has 0 spiro atoms. The Morgan fingerprint density at radius 1 is 1.30 bits per heavy atom. The lowest BCUT2D eigenvalue weighted by molar-refractivity contribution is -0.141. The Balaban J connectivity index is 1.80. The minimum atomic E-state index is -4.64. The van der Waals surface area contributed by atoms with Gasteiger partial charge in [-0.25, -0.2) is 4.98 Å². The number of benzene rings is 1. The van der Waals surface area contributed by atoms with Crippen LogP contribution in [0.2, 0.25) is 0 Å². The number of aromatic nitrogens is 1. The molecule has 30 heavy (non-hydrogen) atoms. The van der Waals surface area contributed by atoms with Crippen molar-refractivity contribution in [2.24, 2.45) is 5.73 Å². The molecule has 1 amide bonds. The number of likely N-dealkylation sites (N-methyl/N-ethyl adjacent to an activating group) is 1. The van der Waals surface area contributed by atoms with Crippen LogP contribution >= 0.6 is 0 Å². The van der Waals surface area contributed by atoms with E-state index >= 15 is 0 Å². The zero-order chi connectivity index (χ0) is 22.1. The summed E-state index contributed by atoms with van der Waals surface area (Å²) < 4.78 is 44.7. The zero-order valence-electron chi connectivity index (χ0n) is 16.6. The highest BCUT2D eigenvalue weighted by Crippen LogP contribution is 2.31. The molecule has 1 saturated heterocycles. The van der Waals surface area contributed by atoms with Gasteiger partial charge in [-0.15, -0.1) is 0 Å². The van der Waals surface area contributed by atoms with Crippen LogP contribution in [0.4, 0.5) is 13.2 Å². The Kier molecular flexibility index (Phi) is 6.30. The summed E-state index contributed by atoms with van der Waals surface area (Å²) >= 11 is 0. The molecule has 0 saturated carbocycles. The van der Waals surface area contributed by atoms with Crippen LogP contribution in [0, 0.1) is 0 Å². The molecule has 1 fully saturated rings. The molecule has 10 heteroatoms. The van der Waals surface area contributed by atoms with Crippen LogP contribution in [0.3, 0.4) is 0 Å². The number of carbonyl (C=O) groups excluding carboxylic acids is 1. The van der Waals surface area contributed by atoms with Crippen molar-refractivity contribution in [1.82, 2.24) is 14.8 Å². The van der Waals surface area contributed by atoms with E-state index in [0.29, 0.717) is 12.1 Å². The van der Waals surface area contributed by atoms with Crippen LogP contribution < -0.4 is 10.5 Å². The van der Waals surface area contributed by atoms with E-state index in [0.717, 1.165) is 6.07 Å². The third-order valence-electron chi connectivity index (χ3n) is 4.90. The molecule has 2 aromatic rings. The van der Waals surface area contributed by atoms with Crippen molar-refractivity contribution in [3.8, 4) is 11.6 Å². The molecular weight excluding hydrogens is 401 g/mol. The molecule has 1 aromatic carbocycles. The molecule has 2 unspecified atom stereocenters. The van der Waals surface area contributed by atoms with E-state index < -0.39 is 18.0 Å². The number of amides is 1. The maximum atomic E-state index is 13.1. The molecule has 7 nitrogen and oxygen atoms in total. The summed E-state index contributed by atoms with van der Waals surface area (Å²) in [6.07, 6.45) is -5.30. The number of nitrogens with zero attached hydrogens (tertiary/aromatic N) is 3. The topological polar surface area (TPSA) is 91.9 Å². The van der Waals surface area contributed by atoms with Crippen LogP contribution in [-0.2, 0) is 12.7 Å². The van der Waals surface area contributed by atoms with Gasteiger partial charge in [0, 0.05) is 31.3 Å². The molecule has 2 heterocycles. The molecule has 2 atom stereocenters. The lowest BCUT2D eigenvalue weighted by Crippen LogP contribution is -2.38. The van der Waals surface area contributed by atoms with Gasteiger partial charge < -0.3 is 25.4 Å². The first kappa shape index (κ1) is 22.0. The van der Waals surface area contributed by atoms with Crippen molar-refractivity contribution in [2.45, 2.75) is 24.9 Å². The summed E-state index contributed by atoms with van der Waals surface area (Å²) in [6, 6.07) is 8.11. The quantitative estimate of drug-likeness (QED) is 0.764. The van der Waals surface area contributed by atoms with Gasteiger partial charge in [0.05, 0.1) is 12.1 Å². The summed E-state index contributed by atoms with van der Waals surface area (Å²) in [5, 5.41) is 10.1. The number of alkyl halides is 3. The maximum absolute atomic E-state index is 13.1. The molecule has 3 rings (SSSR count). The van der Waals surface area contributed by atoms with Crippen LogP contribution in [0.15, 0.2) is 36.4 Å². The van der Waals surface area contributed by atoms with E-state index in [9.17, 15) is 23.1 Å². The lowest BCUT2D eigenvalue weighted by atomic mass is 10.2. The number of aliphatic hydroxyl groups is 1. The fourth-order valence-electron chi connectivity index (χ4n) is 3.31. The van der Waals surface area contributed by atoms with Gasteiger partial charge in [-0.3, -0.25) is 4.79 Å². The molecule has 1 aromatic heterocycles. The molecule has 162 valence electrons.